The average Bonchev–Trinajstić information content (AvgIpc) is 2.43. The number of nitrogens with one attached hydrogen (secondary N) is 2. The summed E-state index contributed by atoms with van der Waals surface area (Å²) < 4.78 is 13.2. The Kier molecular flexibility index (Phi) is 6.93. The van der Waals surface area contributed by atoms with Crippen molar-refractivity contribution in [1.82, 2.24) is 10.7 Å². The summed E-state index contributed by atoms with van der Waals surface area (Å²) in [6.45, 7) is 4.75. The van der Waals surface area contributed by atoms with Crippen molar-refractivity contribution in [2.75, 3.05) is 6.54 Å². The lowest BCUT2D eigenvalue weighted by Crippen LogP contribution is -2.33. The lowest BCUT2D eigenvalue weighted by Gasteiger charge is -2.09. The molecule has 4 nitrogen and oxygen atoms in total. The van der Waals surface area contributed by atoms with Crippen LogP contribution in [-0.2, 0) is 0 Å². The van der Waals surface area contributed by atoms with Crippen LogP contribution in [-0.4, -0.2) is 22.5 Å². The van der Waals surface area contributed by atoms with Gasteiger partial charge < -0.3 is 10.4 Å². The van der Waals surface area contributed by atoms with E-state index in [2.05, 4.69) is 22.8 Å². The smallest absolute Gasteiger partial charge is 0.186 e. The van der Waals surface area contributed by atoms with Crippen LogP contribution in [0.5, 0.6) is 5.75 Å². The van der Waals surface area contributed by atoms with Gasteiger partial charge in [-0.15, -0.1) is 0 Å². The SMILES string of the molecule is CCCCNC(=S)N/N=C(\CC)c1cc(F)ccc1O. The molecule has 0 unspecified atom stereocenters. The van der Waals surface area contributed by atoms with Gasteiger partial charge in [-0.1, -0.05) is 20.3 Å². The van der Waals surface area contributed by atoms with Gasteiger partial charge in [0.05, 0.1) is 5.71 Å². The first-order valence-electron chi connectivity index (χ1n) is 6.67. The molecule has 20 heavy (non-hydrogen) atoms. The number of rotatable bonds is 6. The van der Waals surface area contributed by atoms with Crippen LogP contribution in [0.15, 0.2) is 23.3 Å². The third-order valence-electron chi connectivity index (χ3n) is 2.71. The second kappa shape index (κ2) is 8.47. The largest absolute Gasteiger partial charge is 0.507 e. The molecule has 0 bridgehead atoms. The zero-order valence-corrected chi connectivity index (χ0v) is 12.6. The Balaban J connectivity index is 2.72. The second-order valence-electron chi connectivity index (χ2n) is 4.29. The Morgan fingerprint density at radius 1 is 1.40 bits per heavy atom. The Bertz CT molecular complexity index is 491. The Morgan fingerprint density at radius 3 is 2.80 bits per heavy atom. The minimum atomic E-state index is -0.414. The van der Waals surface area contributed by atoms with E-state index in [1.165, 1.54) is 18.2 Å². The molecule has 3 N–H and O–H groups in total. The van der Waals surface area contributed by atoms with Crippen LogP contribution < -0.4 is 10.7 Å². The molecule has 0 saturated carbocycles. The van der Waals surface area contributed by atoms with Gasteiger partial charge >= 0.3 is 0 Å². The van der Waals surface area contributed by atoms with Gasteiger partial charge in [0.1, 0.15) is 11.6 Å². The highest BCUT2D eigenvalue weighted by Crippen LogP contribution is 2.19. The van der Waals surface area contributed by atoms with Crippen molar-refractivity contribution >= 4 is 23.0 Å². The quantitative estimate of drug-likeness (QED) is 0.327. The number of halogens is 1. The molecule has 0 radical (unpaired) electrons. The zero-order valence-electron chi connectivity index (χ0n) is 11.7. The number of aromatic hydroxyl groups is 1. The number of phenols is 1. The van der Waals surface area contributed by atoms with Crippen LogP contribution in [0.3, 0.4) is 0 Å². The molecule has 0 aromatic heterocycles. The van der Waals surface area contributed by atoms with Gasteiger partial charge in [-0.2, -0.15) is 5.10 Å². The summed E-state index contributed by atoms with van der Waals surface area (Å²) in [6.07, 6.45) is 2.65. The van der Waals surface area contributed by atoms with E-state index in [-0.39, 0.29) is 5.75 Å². The summed E-state index contributed by atoms with van der Waals surface area (Å²) in [5, 5.41) is 17.3. The zero-order chi connectivity index (χ0) is 15.0. The van der Waals surface area contributed by atoms with Crippen molar-refractivity contribution in [2.45, 2.75) is 33.1 Å². The Morgan fingerprint density at radius 2 is 2.15 bits per heavy atom. The first-order valence-corrected chi connectivity index (χ1v) is 7.08. The van der Waals surface area contributed by atoms with Crippen molar-refractivity contribution in [1.29, 1.82) is 0 Å². The monoisotopic (exact) mass is 297 g/mol. The average molecular weight is 297 g/mol. The molecule has 6 heteroatoms. The third-order valence-corrected chi connectivity index (χ3v) is 2.95. The molecular weight excluding hydrogens is 277 g/mol. The number of hydrazone groups is 1. The van der Waals surface area contributed by atoms with E-state index < -0.39 is 5.82 Å². The van der Waals surface area contributed by atoms with E-state index in [0.717, 1.165) is 19.4 Å². The van der Waals surface area contributed by atoms with E-state index in [4.69, 9.17) is 12.2 Å². The van der Waals surface area contributed by atoms with Crippen molar-refractivity contribution < 1.29 is 9.50 Å². The lowest BCUT2D eigenvalue weighted by molar-refractivity contribution is 0.471. The number of unbranched alkanes of at least 4 members (excludes halogenated alkanes) is 1. The Hall–Kier alpha value is -1.69. The molecule has 0 spiro atoms. The molecule has 0 aliphatic heterocycles. The highest BCUT2D eigenvalue weighted by Gasteiger charge is 2.09. The predicted octanol–water partition coefficient (Wildman–Crippen LogP) is 2.91. The molecule has 1 aromatic rings. The van der Waals surface area contributed by atoms with E-state index >= 15 is 0 Å². The van der Waals surface area contributed by atoms with Gasteiger partial charge in [0.15, 0.2) is 5.11 Å². The summed E-state index contributed by atoms with van der Waals surface area (Å²) in [7, 11) is 0. The van der Waals surface area contributed by atoms with Crippen molar-refractivity contribution in [2.24, 2.45) is 5.10 Å². The van der Waals surface area contributed by atoms with Crippen molar-refractivity contribution in [3.8, 4) is 5.75 Å². The van der Waals surface area contributed by atoms with Gasteiger partial charge in [0.25, 0.3) is 0 Å². The summed E-state index contributed by atoms with van der Waals surface area (Å²) >= 11 is 5.08. The molecule has 110 valence electrons. The van der Waals surface area contributed by atoms with Crippen LogP contribution in [0.4, 0.5) is 4.39 Å². The second-order valence-corrected chi connectivity index (χ2v) is 4.70. The number of thiocarbonyl (C=S) groups is 1. The summed E-state index contributed by atoms with van der Waals surface area (Å²) in [4.78, 5) is 0. The maximum absolute atomic E-state index is 13.2. The van der Waals surface area contributed by atoms with Gasteiger partial charge in [0, 0.05) is 12.1 Å². The summed E-state index contributed by atoms with van der Waals surface area (Å²) in [6, 6.07) is 3.77. The fraction of sp³-hybridized carbons (Fsp3) is 0.429. The van der Waals surface area contributed by atoms with E-state index in [9.17, 15) is 9.50 Å². The fourth-order valence-corrected chi connectivity index (χ4v) is 1.75. The van der Waals surface area contributed by atoms with Crippen LogP contribution in [0.1, 0.15) is 38.7 Å². The molecule has 0 aliphatic rings. The molecule has 0 fully saturated rings. The molecule has 0 atom stereocenters. The van der Waals surface area contributed by atoms with Gasteiger partial charge in [-0.3, -0.25) is 5.43 Å². The highest BCUT2D eigenvalue weighted by atomic mass is 32.1. The number of nitrogens with zero attached hydrogens (tertiary/aromatic N) is 1. The van der Waals surface area contributed by atoms with E-state index in [1.807, 2.05) is 6.92 Å². The molecule has 0 aliphatic carbocycles. The number of hydrogen-bond acceptors (Lipinski definition) is 3. The maximum Gasteiger partial charge on any atom is 0.186 e. The standard InChI is InChI=1S/C14H20FN3OS/c1-3-5-8-16-14(20)18-17-12(4-2)11-9-10(15)6-7-13(11)19/h6-7,9,19H,3-5,8H2,1-2H3,(H2,16,18,20)/b17-12+. The normalized spacial score (nSPS) is 11.2. The minimum Gasteiger partial charge on any atom is -0.507 e. The van der Waals surface area contributed by atoms with Crippen LogP contribution >= 0.6 is 12.2 Å². The molecule has 0 saturated heterocycles. The van der Waals surface area contributed by atoms with Gasteiger partial charge in [-0.05, 0) is 43.3 Å². The number of hydrogen-bond donors (Lipinski definition) is 3. The minimum absolute atomic E-state index is 0.00124. The highest BCUT2D eigenvalue weighted by molar-refractivity contribution is 7.80. The number of benzene rings is 1. The fourth-order valence-electron chi connectivity index (χ4n) is 1.61. The van der Waals surface area contributed by atoms with Crippen LogP contribution in [0, 0.1) is 5.82 Å². The molecule has 0 amide bonds. The molecule has 1 aromatic carbocycles. The third kappa shape index (κ3) is 5.13. The first kappa shape index (κ1) is 16.4. The summed E-state index contributed by atoms with van der Waals surface area (Å²) in [5.74, 6) is -0.416. The summed E-state index contributed by atoms with van der Waals surface area (Å²) in [5.41, 5.74) is 3.63. The van der Waals surface area contributed by atoms with Gasteiger partial charge in [-0.25, -0.2) is 4.39 Å². The lowest BCUT2D eigenvalue weighted by atomic mass is 10.1. The van der Waals surface area contributed by atoms with Gasteiger partial charge in [0.2, 0.25) is 0 Å². The Labute approximate surface area is 124 Å². The van der Waals surface area contributed by atoms with Crippen molar-refractivity contribution in [3.05, 3.63) is 29.6 Å². The number of phenolic OH excluding ortho intramolecular Hbond substituents is 1. The topological polar surface area (TPSA) is 56.7 Å². The molecular formula is C14H20FN3OS. The van der Waals surface area contributed by atoms with Crippen LogP contribution in [0.2, 0.25) is 0 Å². The molecule has 1 rings (SSSR count). The van der Waals surface area contributed by atoms with E-state index in [0.29, 0.717) is 22.8 Å². The predicted molar refractivity (Wildman–Crippen MR) is 83.5 cm³/mol. The van der Waals surface area contributed by atoms with Crippen LogP contribution in [0.25, 0.3) is 0 Å². The van der Waals surface area contributed by atoms with Crippen molar-refractivity contribution in [3.63, 3.8) is 0 Å². The molecule has 0 heterocycles. The maximum atomic E-state index is 13.2. The first-order chi connectivity index (χ1) is 9.58. The van der Waals surface area contributed by atoms with E-state index in [1.54, 1.807) is 0 Å².